The molecule has 5 nitrogen and oxygen atoms in total. The van der Waals surface area contributed by atoms with Crippen LogP contribution in [0.15, 0.2) is 24.3 Å². The van der Waals surface area contributed by atoms with Crippen LogP contribution in [0.25, 0.3) is 0 Å². The molecule has 112 valence electrons. The molecular formula is C14H23N3O2S. The average Bonchev–Trinajstić information content (AvgIpc) is 2.64. The van der Waals surface area contributed by atoms with Crippen molar-refractivity contribution in [3.8, 4) is 0 Å². The predicted octanol–water partition coefficient (Wildman–Crippen LogP) is 0.613. The van der Waals surface area contributed by atoms with Crippen LogP contribution in [-0.2, 0) is 22.3 Å². The summed E-state index contributed by atoms with van der Waals surface area (Å²) in [7, 11) is -1.21. The summed E-state index contributed by atoms with van der Waals surface area (Å²) in [5.74, 6) is 0.0601. The van der Waals surface area contributed by atoms with E-state index in [0.29, 0.717) is 19.6 Å². The van der Waals surface area contributed by atoms with Crippen LogP contribution in [0.5, 0.6) is 0 Å². The molecule has 1 aromatic rings. The molecule has 1 aromatic carbocycles. The van der Waals surface area contributed by atoms with E-state index in [2.05, 4.69) is 4.90 Å². The van der Waals surface area contributed by atoms with Gasteiger partial charge in [0.05, 0.1) is 5.75 Å². The van der Waals surface area contributed by atoms with E-state index in [-0.39, 0.29) is 5.75 Å². The molecule has 0 unspecified atom stereocenters. The van der Waals surface area contributed by atoms with Crippen molar-refractivity contribution in [1.29, 1.82) is 0 Å². The van der Waals surface area contributed by atoms with Crippen molar-refractivity contribution in [1.82, 2.24) is 9.21 Å². The summed E-state index contributed by atoms with van der Waals surface area (Å²) in [4.78, 5) is 2.17. The summed E-state index contributed by atoms with van der Waals surface area (Å²) in [6.07, 6.45) is 0.887. The van der Waals surface area contributed by atoms with E-state index in [0.717, 1.165) is 30.6 Å². The molecule has 0 aliphatic carbocycles. The van der Waals surface area contributed by atoms with Gasteiger partial charge in [-0.15, -0.1) is 0 Å². The summed E-state index contributed by atoms with van der Waals surface area (Å²) in [6.45, 7) is 3.37. The summed E-state index contributed by atoms with van der Waals surface area (Å²) in [5, 5.41) is 0. The van der Waals surface area contributed by atoms with Gasteiger partial charge in [-0.25, -0.2) is 12.7 Å². The Hall–Kier alpha value is -0.950. The van der Waals surface area contributed by atoms with Crippen molar-refractivity contribution in [2.24, 2.45) is 5.73 Å². The highest BCUT2D eigenvalue weighted by Gasteiger charge is 2.24. The van der Waals surface area contributed by atoms with Gasteiger partial charge in [0.15, 0.2) is 0 Å². The van der Waals surface area contributed by atoms with Crippen LogP contribution in [0, 0.1) is 0 Å². The van der Waals surface area contributed by atoms with Crippen molar-refractivity contribution in [2.45, 2.75) is 18.7 Å². The molecule has 1 saturated heterocycles. The summed E-state index contributed by atoms with van der Waals surface area (Å²) >= 11 is 0. The maximum atomic E-state index is 12.5. The third-order valence-corrected chi connectivity index (χ3v) is 5.50. The predicted molar refractivity (Wildman–Crippen MR) is 80.6 cm³/mol. The fourth-order valence-corrected chi connectivity index (χ4v) is 4.00. The van der Waals surface area contributed by atoms with Gasteiger partial charge in [-0.05, 0) is 31.1 Å². The molecule has 0 radical (unpaired) electrons. The van der Waals surface area contributed by atoms with Gasteiger partial charge < -0.3 is 10.6 Å². The highest BCUT2D eigenvalue weighted by atomic mass is 32.2. The number of hydrogen-bond donors (Lipinski definition) is 1. The van der Waals surface area contributed by atoms with Gasteiger partial charge in [-0.2, -0.15) is 0 Å². The molecular weight excluding hydrogens is 274 g/mol. The Kier molecular flexibility index (Phi) is 5.15. The Bertz CT molecular complexity index is 545. The van der Waals surface area contributed by atoms with Crippen LogP contribution >= 0.6 is 0 Å². The number of benzene rings is 1. The second-order valence-electron chi connectivity index (χ2n) is 5.34. The van der Waals surface area contributed by atoms with E-state index in [1.165, 1.54) is 0 Å². The normalized spacial score (nSPS) is 18.9. The Balaban J connectivity index is 2.09. The lowest BCUT2D eigenvalue weighted by atomic mass is 10.1. The third-order valence-electron chi connectivity index (χ3n) is 3.65. The standard InChI is InChI=1S/C14H23N3O2S/c1-16-6-3-7-17(9-8-16)20(18,19)12-14-5-2-4-13(10-14)11-15/h2,4-5,10H,3,6-9,11-12,15H2,1H3. The molecule has 1 fully saturated rings. The number of rotatable bonds is 4. The van der Waals surface area contributed by atoms with Gasteiger partial charge in [-0.3, -0.25) is 0 Å². The van der Waals surface area contributed by atoms with Crippen molar-refractivity contribution < 1.29 is 8.42 Å². The maximum absolute atomic E-state index is 12.5. The highest BCUT2D eigenvalue weighted by molar-refractivity contribution is 7.88. The fourth-order valence-electron chi connectivity index (χ4n) is 2.45. The third kappa shape index (κ3) is 4.02. The molecule has 0 aromatic heterocycles. The Morgan fingerprint density at radius 1 is 1.15 bits per heavy atom. The molecule has 2 rings (SSSR count). The molecule has 0 spiro atoms. The second kappa shape index (κ2) is 6.67. The van der Waals surface area contributed by atoms with Gasteiger partial charge in [0.25, 0.3) is 0 Å². The molecule has 20 heavy (non-hydrogen) atoms. The van der Waals surface area contributed by atoms with Gasteiger partial charge in [0, 0.05) is 26.2 Å². The number of hydrogen-bond acceptors (Lipinski definition) is 4. The summed E-state index contributed by atoms with van der Waals surface area (Å²) in [6, 6.07) is 7.50. The minimum absolute atomic E-state index is 0.0601. The van der Waals surface area contributed by atoms with E-state index in [1.807, 2.05) is 31.3 Å². The largest absolute Gasteiger partial charge is 0.326 e. The molecule has 0 amide bonds. The first-order valence-corrected chi connectivity index (χ1v) is 8.56. The fraction of sp³-hybridized carbons (Fsp3) is 0.571. The quantitative estimate of drug-likeness (QED) is 0.884. The van der Waals surface area contributed by atoms with Crippen LogP contribution < -0.4 is 5.73 Å². The first-order valence-electron chi connectivity index (χ1n) is 6.95. The average molecular weight is 297 g/mol. The molecule has 6 heteroatoms. The van der Waals surface area contributed by atoms with Gasteiger partial charge >= 0.3 is 0 Å². The lowest BCUT2D eigenvalue weighted by Gasteiger charge is -2.20. The Morgan fingerprint density at radius 3 is 2.65 bits per heavy atom. The number of nitrogens with two attached hydrogens (primary N) is 1. The summed E-state index contributed by atoms with van der Waals surface area (Å²) in [5.41, 5.74) is 7.37. The Labute approximate surface area is 121 Å². The van der Waals surface area contributed by atoms with E-state index < -0.39 is 10.0 Å². The van der Waals surface area contributed by atoms with E-state index in [9.17, 15) is 8.42 Å². The van der Waals surface area contributed by atoms with Gasteiger partial charge in [-0.1, -0.05) is 24.3 Å². The first-order chi connectivity index (χ1) is 9.51. The van der Waals surface area contributed by atoms with Crippen molar-refractivity contribution >= 4 is 10.0 Å². The number of likely N-dealkylation sites (N-methyl/N-ethyl adjacent to an activating group) is 1. The molecule has 1 heterocycles. The SMILES string of the molecule is CN1CCCN(S(=O)(=O)Cc2cccc(CN)c2)CC1. The minimum atomic E-state index is -3.24. The van der Waals surface area contributed by atoms with Crippen LogP contribution in [0.2, 0.25) is 0 Å². The lowest BCUT2D eigenvalue weighted by molar-refractivity contribution is 0.347. The molecule has 1 aliphatic heterocycles. The number of nitrogens with zero attached hydrogens (tertiary/aromatic N) is 2. The van der Waals surface area contributed by atoms with Crippen molar-refractivity contribution in [3.63, 3.8) is 0 Å². The van der Waals surface area contributed by atoms with Crippen LogP contribution in [0.3, 0.4) is 0 Å². The lowest BCUT2D eigenvalue weighted by Crippen LogP contribution is -2.35. The van der Waals surface area contributed by atoms with Crippen LogP contribution in [0.1, 0.15) is 17.5 Å². The summed E-state index contributed by atoms with van der Waals surface area (Å²) < 4.78 is 26.6. The molecule has 1 aliphatic rings. The van der Waals surface area contributed by atoms with E-state index in [1.54, 1.807) is 4.31 Å². The smallest absolute Gasteiger partial charge is 0.218 e. The Morgan fingerprint density at radius 2 is 1.90 bits per heavy atom. The van der Waals surface area contributed by atoms with Crippen LogP contribution in [-0.4, -0.2) is 50.8 Å². The zero-order valence-electron chi connectivity index (χ0n) is 12.0. The van der Waals surface area contributed by atoms with E-state index in [4.69, 9.17) is 5.73 Å². The van der Waals surface area contributed by atoms with Crippen LogP contribution in [0.4, 0.5) is 0 Å². The van der Waals surface area contributed by atoms with Gasteiger partial charge in [0.2, 0.25) is 10.0 Å². The molecule has 0 atom stereocenters. The number of sulfonamides is 1. The zero-order chi connectivity index (χ0) is 14.6. The molecule has 0 bridgehead atoms. The monoisotopic (exact) mass is 297 g/mol. The minimum Gasteiger partial charge on any atom is -0.326 e. The highest BCUT2D eigenvalue weighted by Crippen LogP contribution is 2.14. The topological polar surface area (TPSA) is 66.6 Å². The first kappa shape index (κ1) is 15.4. The second-order valence-corrected chi connectivity index (χ2v) is 7.31. The molecule has 0 saturated carbocycles. The van der Waals surface area contributed by atoms with Crippen molar-refractivity contribution in [2.75, 3.05) is 33.2 Å². The van der Waals surface area contributed by atoms with E-state index >= 15 is 0 Å². The molecule has 2 N–H and O–H groups in total. The van der Waals surface area contributed by atoms with Gasteiger partial charge in [0.1, 0.15) is 0 Å². The maximum Gasteiger partial charge on any atom is 0.218 e. The van der Waals surface area contributed by atoms with Crippen molar-refractivity contribution in [3.05, 3.63) is 35.4 Å². The zero-order valence-corrected chi connectivity index (χ0v) is 12.8.